The minimum Gasteiger partial charge on any atom is -0.460 e. The van der Waals surface area contributed by atoms with Gasteiger partial charge in [0, 0.05) is 0 Å². The van der Waals surface area contributed by atoms with Crippen LogP contribution in [0.25, 0.3) is 0 Å². The molecule has 1 aliphatic heterocycles. The second kappa shape index (κ2) is 3.35. The van der Waals surface area contributed by atoms with Crippen LogP contribution in [0.2, 0.25) is 0 Å². The smallest absolute Gasteiger partial charge is 0.342 e. The van der Waals surface area contributed by atoms with Gasteiger partial charge in [0.25, 0.3) is 0 Å². The van der Waals surface area contributed by atoms with E-state index in [-0.39, 0.29) is 17.7 Å². The van der Waals surface area contributed by atoms with Crippen LogP contribution in [0.4, 0.5) is 0 Å². The van der Waals surface area contributed by atoms with E-state index in [0.29, 0.717) is 0 Å². The molecule has 0 amide bonds. The summed E-state index contributed by atoms with van der Waals surface area (Å²) in [6.07, 6.45) is 4.95. The van der Waals surface area contributed by atoms with Gasteiger partial charge in [-0.15, -0.1) is 0 Å². The molecule has 0 spiro atoms. The lowest BCUT2D eigenvalue weighted by molar-refractivity contribution is -0.151. The maximum absolute atomic E-state index is 12.3. The van der Waals surface area contributed by atoms with Gasteiger partial charge in [0.15, 0.2) is 5.60 Å². The lowest BCUT2D eigenvalue weighted by Crippen LogP contribution is -2.31. The van der Waals surface area contributed by atoms with Gasteiger partial charge in [-0.2, -0.15) is 0 Å². The van der Waals surface area contributed by atoms with Crippen LogP contribution in [0.1, 0.15) is 37.7 Å². The Hall–Kier alpha value is -1.35. The zero-order valence-electron chi connectivity index (χ0n) is 10.2. The van der Waals surface area contributed by atoms with Gasteiger partial charge >= 0.3 is 5.97 Å². The lowest BCUT2D eigenvalue weighted by Gasteiger charge is -2.12. The maximum Gasteiger partial charge on any atom is 0.342 e. The van der Waals surface area contributed by atoms with Crippen molar-refractivity contribution in [1.82, 2.24) is 0 Å². The normalized spacial score (nSPS) is 37.1. The molecule has 0 N–H and O–H groups in total. The van der Waals surface area contributed by atoms with Crippen molar-refractivity contribution in [2.24, 2.45) is 0 Å². The fourth-order valence-corrected chi connectivity index (χ4v) is 3.25. The van der Waals surface area contributed by atoms with Crippen LogP contribution >= 0.6 is 0 Å². The summed E-state index contributed by atoms with van der Waals surface area (Å²) in [5.74, 6) is -0.133. The number of ether oxygens (including phenoxy) is 2. The van der Waals surface area contributed by atoms with Crippen molar-refractivity contribution in [3.8, 4) is 0 Å². The number of rotatable bonds is 3. The molecule has 3 heteroatoms. The van der Waals surface area contributed by atoms with Crippen molar-refractivity contribution >= 4 is 5.97 Å². The molecule has 1 heterocycles. The number of fused-ring (bicyclic) bond motifs is 1. The van der Waals surface area contributed by atoms with Crippen molar-refractivity contribution in [2.45, 2.75) is 49.4 Å². The predicted octanol–water partition coefficient (Wildman–Crippen LogP) is 2.54. The van der Waals surface area contributed by atoms with Gasteiger partial charge in [-0.3, -0.25) is 0 Å². The minimum absolute atomic E-state index is 0.133. The van der Waals surface area contributed by atoms with Crippen molar-refractivity contribution in [3.05, 3.63) is 35.9 Å². The minimum atomic E-state index is -0.670. The van der Waals surface area contributed by atoms with Gasteiger partial charge in [-0.25, -0.2) is 4.79 Å². The summed E-state index contributed by atoms with van der Waals surface area (Å²) in [4.78, 5) is 12.3. The topological polar surface area (TPSA) is 38.8 Å². The predicted molar refractivity (Wildman–Crippen MR) is 64.9 cm³/mol. The highest BCUT2D eigenvalue weighted by atomic mass is 16.7. The van der Waals surface area contributed by atoms with E-state index in [0.717, 1.165) is 37.7 Å². The van der Waals surface area contributed by atoms with E-state index >= 15 is 0 Å². The Bertz CT molecular complexity index is 494. The van der Waals surface area contributed by atoms with E-state index in [9.17, 15) is 4.79 Å². The van der Waals surface area contributed by atoms with Crippen LogP contribution in [-0.2, 0) is 19.9 Å². The Labute approximate surface area is 106 Å². The molecule has 3 fully saturated rings. The Morgan fingerprint density at radius 3 is 2.72 bits per heavy atom. The Kier molecular flexibility index (Phi) is 1.97. The first-order chi connectivity index (χ1) is 8.77. The summed E-state index contributed by atoms with van der Waals surface area (Å²) in [6.45, 7) is 0. The van der Waals surface area contributed by atoms with Crippen molar-refractivity contribution in [3.63, 3.8) is 0 Å². The molecule has 94 valence electrons. The molecular weight excluding hydrogens is 228 g/mol. The molecule has 0 bridgehead atoms. The van der Waals surface area contributed by atoms with E-state index in [1.54, 1.807) is 0 Å². The average molecular weight is 244 g/mol. The zero-order chi connectivity index (χ0) is 12.2. The van der Waals surface area contributed by atoms with Gasteiger partial charge < -0.3 is 9.47 Å². The molecule has 2 aliphatic carbocycles. The molecular formula is C15H16O3. The van der Waals surface area contributed by atoms with Crippen LogP contribution in [-0.4, -0.2) is 17.7 Å². The van der Waals surface area contributed by atoms with Crippen molar-refractivity contribution in [2.75, 3.05) is 0 Å². The van der Waals surface area contributed by atoms with Gasteiger partial charge in [0.05, 0.1) is 0 Å². The van der Waals surface area contributed by atoms with E-state index in [2.05, 4.69) is 12.1 Å². The van der Waals surface area contributed by atoms with Gasteiger partial charge in [0.2, 0.25) is 0 Å². The molecule has 0 radical (unpaired) electrons. The fraction of sp³-hybridized carbons (Fsp3) is 0.533. The van der Waals surface area contributed by atoms with E-state index in [1.165, 1.54) is 0 Å². The Morgan fingerprint density at radius 1 is 1.22 bits per heavy atom. The van der Waals surface area contributed by atoms with E-state index in [1.807, 2.05) is 18.2 Å². The quantitative estimate of drug-likeness (QED) is 0.606. The van der Waals surface area contributed by atoms with Crippen molar-refractivity contribution in [1.29, 1.82) is 0 Å². The first-order valence-corrected chi connectivity index (χ1v) is 6.74. The zero-order valence-corrected chi connectivity index (χ0v) is 10.2. The molecule has 1 aromatic carbocycles. The fourth-order valence-electron chi connectivity index (χ4n) is 3.25. The standard InChI is InChI=1S/C15H16O3/c16-13(17-12-7-8-12)15-10-4-9-14(15,18-15)11-5-2-1-3-6-11/h1-3,5-6,12H,4,7-10H2. The Balaban J connectivity index is 1.65. The van der Waals surface area contributed by atoms with E-state index < -0.39 is 5.60 Å². The molecule has 2 atom stereocenters. The average Bonchev–Trinajstić information content (AvgIpc) is 3.31. The number of carbonyl (C=O) groups excluding carboxylic acids is 1. The SMILES string of the molecule is O=C(OC1CC1)C12CCCC1(c1ccccc1)O2. The van der Waals surface area contributed by atoms with Gasteiger partial charge in [0.1, 0.15) is 11.7 Å². The highest BCUT2D eigenvalue weighted by molar-refractivity contribution is 5.86. The second-order valence-electron chi connectivity index (χ2n) is 5.58. The summed E-state index contributed by atoms with van der Waals surface area (Å²) in [5.41, 5.74) is 0.0622. The van der Waals surface area contributed by atoms with Crippen LogP contribution in [0.15, 0.2) is 30.3 Å². The second-order valence-corrected chi connectivity index (χ2v) is 5.58. The first kappa shape index (κ1) is 10.6. The van der Waals surface area contributed by atoms with Gasteiger partial charge in [-0.05, 0) is 37.7 Å². The Morgan fingerprint density at radius 2 is 2.00 bits per heavy atom. The third-order valence-electron chi connectivity index (χ3n) is 4.38. The molecule has 3 aliphatic rings. The molecule has 4 rings (SSSR count). The van der Waals surface area contributed by atoms with Crippen LogP contribution in [0.5, 0.6) is 0 Å². The van der Waals surface area contributed by atoms with E-state index in [4.69, 9.17) is 9.47 Å². The number of hydrogen-bond donors (Lipinski definition) is 0. The third kappa shape index (κ3) is 1.25. The monoisotopic (exact) mass is 244 g/mol. The van der Waals surface area contributed by atoms with Gasteiger partial charge in [-0.1, -0.05) is 30.3 Å². The molecule has 2 saturated carbocycles. The van der Waals surface area contributed by atoms with Crippen LogP contribution in [0, 0.1) is 0 Å². The number of hydrogen-bond acceptors (Lipinski definition) is 3. The largest absolute Gasteiger partial charge is 0.460 e. The number of esters is 1. The summed E-state index contributed by atoms with van der Waals surface area (Å²) >= 11 is 0. The lowest BCUT2D eigenvalue weighted by atomic mass is 9.89. The highest BCUT2D eigenvalue weighted by Gasteiger charge is 2.78. The first-order valence-electron chi connectivity index (χ1n) is 6.74. The molecule has 2 unspecified atom stereocenters. The molecule has 0 aromatic heterocycles. The number of epoxide rings is 1. The molecule has 1 saturated heterocycles. The summed E-state index contributed by atoms with van der Waals surface area (Å²) in [5, 5.41) is 0. The highest BCUT2D eigenvalue weighted by Crippen LogP contribution is 2.66. The third-order valence-corrected chi connectivity index (χ3v) is 4.38. The van der Waals surface area contributed by atoms with Crippen LogP contribution < -0.4 is 0 Å². The summed E-state index contributed by atoms with van der Waals surface area (Å²) in [7, 11) is 0. The molecule has 1 aromatic rings. The summed E-state index contributed by atoms with van der Waals surface area (Å²) in [6, 6.07) is 10.1. The number of carbonyl (C=O) groups is 1. The summed E-state index contributed by atoms with van der Waals surface area (Å²) < 4.78 is 11.4. The van der Waals surface area contributed by atoms with Crippen LogP contribution in [0.3, 0.4) is 0 Å². The maximum atomic E-state index is 12.3. The molecule has 18 heavy (non-hydrogen) atoms. The number of benzene rings is 1. The van der Waals surface area contributed by atoms with Crippen molar-refractivity contribution < 1.29 is 14.3 Å². The molecule has 3 nitrogen and oxygen atoms in total.